The lowest BCUT2D eigenvalue weighted by Gasteiger charge is -2.19. The molecule has 0 radical (unpaired) electrons. The predicted octanol–water partition coefficient (Wildman–Crippen LogP) is 5.11. The molecule has 0 saturated carbocycles. The molecule has 2 aromatic carbocycles. The van der Waals surface area contributed by atoms with Crippen LogP contribution in [0.1, 0.15) is 31.9 Å². The van der Waals surface area contributed by atoms with E-state index in [-0.39, 0.29) is 5.41 Å². The number of rotatable bonds is 4. The Bertz CT molecular complexity index is 726. The van der Waals surface area contributed by atoms with Crippen molar-refractivity contribution in [3.05, 3.63) is 53.6 Å². The number of hydrogen-bond acceptors (Lipinski definition) is 3. The van der Waals surface area contributed by atoms with Crippen LogP contribution < -0.4 is 11.0 Å². The Balaban J connectivity index is 2.17. The second-order valence-corrected chi connectivity index (χ2v) is 11.5. The van der Waals surface area contributed by atoms with Crippen molar-refractivity contribution in [1.29, 1.82) is 0 Å². The van der Waals surface area contributed by atoms with Gasteiger partial charge in [-0.05, 0) is 48.1 Å². The highest BCUT2D eigenvalue weighted by Crippen LogP contribution is 2.40. The summed E-state index contributed by atoms with van der Waals surface area (Å²) in [6.45, 7) is 10.3. The molecule has 0 unspecified atom stereocenters. The van der Waals surface area contributed by atoms with Crippen molar-refractivity contribution in [2.24, 2.45) is 0 Å². The summed E-state index contributed by atoms with van der Waals surface area (Å²) in [5, 5.41) is 0.883. The molecule has 0 bridgehead atoms. The molecule has 2 N–H and O–H groups in total. The van der Waals surface area contributed by atoms with E-state index in [0.29, 0.717) is 5.69 Å². The van der Waals surface area contributed by atoms with Crippen LogP contribution in [0.5, 0.6) is 0 Å². The minimum atomic E-state index is -2.33. The van der Waals surface area contributed by atoms with E-state index in [4.69, 9.17) is 5.73 Å². The Morgan fingerprint density at radius 1 is 1.04 bits per heavy atom. The molecule has 2 aromatic rings. The Morgan fingerprint density at radius 3 is 2.17 bits per heavy atom. The van der Waals surface area contributed by atoms with E-state index in [1.165, 1.54) is 11.1 Å². The zero-order valence-corrected chi connectivity index (χ0v) is 16.3. The molecule has 0 amide bonds. The van der Waals surface area contributed by atoms with Crippen LogP contribution in [0.4, 0.5) is 5.69 Å². The number of anilines is 1. The molecule has 2 nitrogen and oxygen atoms in total. The maximum absolute atomic E-state index is 12.5. The Labute approximate surface area is 144 Å². The zero-order valence-electron chi connectivity index (χ0n) is 14.6. The molecule has 0 aliphatic heterocycles. The van der Waals surface area contributed by atoms with Gasteiger partial charge in [0.1, 0.15) is 7.14 Å². The quantitative estimate of drug-likeness (QED) is 0.475. The maximum atomic E-state index is 12.5. The van der Waals surface area contributed by atoms with E-state index in [1.54, 1.807) is 25.1 Å². The molecular formula is C19H26NOPS. The largest absolute Gasteiger partial charge is 0.399 e. The third-order valence-corrected chi connectivity index (χ3v) is 6.60. The van der Waals surface area contributed by atoms with Gasteiger partial charge in [0, 0.05) is 21.6 Å². The van der Waals surface area contributed by atoms with Gasteiger partial charge < -0.3 is 10.3 Å². The molecule has 0 aromatic heterocycles. The van der Waals surface area contributed by atoms with Crippen molar-refractivity contribution in [1.82, 2.24) is 0 Å². The molecular weight excluding hydrogens is 321 g/mol. The van der Waals surface area contributed by atoms with E-state index >= 15 is 0 Å². The normalized spacial score (nSPS) is 12.4. The number of benzene rings is 2. The van der Waals surface area contributed by atoms with Crippen LogP contribution in [-0.2, 0) is 15.7 Å². The summed E-state index contributed by atoms with van der Waals surface area (Å²) in [7, 11) is -2.33. The first kappa shape index (κ1) is 18.2. The monoisotopic (exact) mass is 347 g/mol. The number of nitrogens with two attached hydrogens (primary N) is 1. The van der Waals surface area contributed by atoms with E-state index < -0.39 is 7.14 Å². The van der Waals surface area contributed by atoms with Crippen LogP contribution in [0.2, 0.25) is 0 Å². The van der Waals surface area contributed by atoms with Crippen LogP contribution >= 0.6 is 18.9 Å². The Morgan fingerprint density at radius 2 is 1.65 bits per heavy atom. The smallest absolute Gasteiger partial charge is 0.111 e. The number of hydrogen-bond donors (Lipinski definition) is 1. The first-order chi connectivity index (χ1) is 10.6. The summed E-state index contributed by atoms with van der Waals surface area (Å²) in [5.74, 6) is 0.862. The summed E-state index contributed by atoms with van der Waals surface area (Å²) in [6.07, 6.45) is 0. The van der Waals surface area contributed by atoms with Gasteiger partial charge >= 0.3 is 0 Å². The SMILES string of the molecule is CC(C)(C)c1ccc(CSc2ccc(N)cc2P(C)(C)=O)cc1. The molecule has 0 atom stereocenters. The van der Waals surface area contributed by atoms with E-state index in [1.807, 2.05) is 18.2 Å². The highest BCUT2D eigenvalue weighted by molar-refractivity contribution is 7.99. The van der Waals surface area contributed by atoms with Gasteiger partial charge in [0.15, 0.2) is 0 Å². The van der Waals surface area contributed by atoms with Crippen molar-refractivity contribution in [3.8, 4) is 0 Å². The topological polar surface area (TPSA) is 43.1 Å². The van der Waals surface area contributed by atoms with Crippen LogP contribution in [0.15, 0.2) is 47.4 Å². The minimum Gasteiger partial charge on any atom is -0.399 e. The fraction of sp³-hybridized carbons (Fsp3) is 0.368. The van der Waals surface area contributed by atoms with Crippen LogP contribution in [0, 0.1) is 0 Å². The first-order valence-corrected chi connectivity index (χ1v) is 11.3. The van der Waals surface area contributed by atoms with E-state index in [9.17, 15) is 4.57 Å². The molecule has 0 aliphatic carbocycles. The Hall–Kier alpha value is -1.18. The first-order valence-electron chi connectivity index (χ1n) is 7.75. The average Bonchev–Trinajstić information content (AvgIpc) is 2.44. The molecule has 0 saturated heterocycles. The van der Waals surface area contributed by atoms with Gasteiger partial charge in [-0.3, -0.25) is 0 Å². The average molecular weight is 347 g/mol. The molecule has 124 valence electrons. The molecule has 0 heterocycles. The standard InChI is InChI=1S/C19H26NOPS/c1-19(2,3)15-8-6-14(7-9-15)13-23-18-11-10-16(20)12-17(18)22(4,5)21/h6-12H,13,20H2,1-5H3. The lowest BCUT2D eigenvalue weighted by Crippen LogP contribution is -2.10. The second kappa shape index (κ2) is 6.75. The molecule has 0 fully saturated rings. The third kappa shape index (κ3) is 4.89. The molecule has 0 aliphatic rings. The lowest BCUT2D eigenvalue weighted by molar-refractivity contribution is 0.588. The van der Waals surface area contributed by atoms with Crippen molar-refractivity contribution in [2.75, 3.05) is 19.1 Å². The molecule has 0 spiro atoms. The van der Waals surface area contributed by atoms with E-state index in [0.717, 1.165) is 16.0 Å². The fourth-order valence-electron chi connectivity index (χ4n) is 2.34. The van der Waals surface area contributed by atoms with Gasteiger partial charge in [0.05, 0.1) is 0 Å². The number of thioether (sulfide) groups is 1. The highest BCUT2D eigenvalue weighted by Gasteiger charge is 2.17. The predicted molar refractivity (Wildman–Crippen MR) is 105 cm³/mol. The molecule has 4 heteroatoms. The summed E-state index contributed by atoms with van der Waals surface area (Å²) in [5.41, 5.74) is 9.31. The van der Waals surface area contributed by atoms with E-state index in [2.05, 4.69) is 45.0 Å². The Kier molecular flexibility index (Phi) is 5.33. The lowest BCUT2D eigenvalue weighted by atomic mass is 9.87. The van der Waals surface area contributed by atoms with Crippen molar-refractivity contribution >= 4 is 29.9 Å². The summed E-state index contributed by atoms with van der Waals surface area (Å²) < 4.78 is 12.5. The fourth-order valence-corrected chi connectivity index (χ4v) is 5.14. The van der Waals surface area contributed by atoms with Crippen molar-refractivity contribution < 1.29 is 4.57 Å². The summed E-state index contributed by atoms with van der Waals surface area (Å²) >= 11 is 1.72. The summed E-state index contributed by atoms with van der Waals surface area (Å²) in [6, 6.07) is 14.5. The minimum absolute atomic E-state index is 0.173. The van der Waals surface area contributed by atoms with Crippen LogP contribution in [0.3, 0.4) is 0 Å². The molecule has 23 heavy (non-hydrogen) atoms. The van der Waals surface area contributed by atoms with Gasteiger partial charge in [-0.15, -0.1) is 11.8 Å². The van der Waals surface area contributed by atoms with Gasteiger partial charge in [-0.25, -0.2) is 0 Å². The second-order valence-electron chi connectivity index (χ2n) is 7.31. The highest BCUT2D eigenvalue weighted by atomic mass is 32.2. The summed E-state index contributed by atoms with van der Waals surface area (Å²) in [4.78, 5) is 1.06. The van der Waals surface area contributed by atoms with Crippen LogP contribution in [0.25, 0.3) is 0 Å². The van der Waals surface area contributed by atoms with Crippen molar-refractivity contribution in [3.63, 3.8) is 0 Å². The van der Waals surface area contributed by atoms with Crippen molar-refractivity contribution in [2.45, 2.75) is 36.8 Å². The van der Waals surface area contributed by atoms with Gasteiger partial charge in [0.2, 0.25) is 0 Å². The maximum Gasteiger partial charge on any atom is 0.111 e. The van der Waals surface area contributed by atoms with Crippen LogP contribution in [-0.4, -0.2) is 13.3 Å². The third-order valence-electron chi connectivity index (χ3n) is 3.78. The van der Waals surface area contributed by atoms with Gasteiger partial charge in [-0.1, -0.05) is 45.0 Å². The number of nitrogen functional groups attached to an aromatic ring is 1. The molecule has 2 rings (SSSR count). The zero-order chi connectivity index (χ0) is 17.3. The van der Waals surface area contributed by atoms with Gasteiger partial charge in [-0.2, -0.15) is 0 Å². The van der Waals surface area contributed by atoms with Gasteiger partial charge in [0.25, 0.3) is 0 Å².